The molecular formula is C11H18N2O3S. The van der Waals surface area contributed by atoms with Crippen LogP contribution in [0.5, 0.6) is 0 Å². The van der Waals surface area contributed by atoms with Crippen molar-refractivity contribution in [3.63, 3.8) is 0 Å². The lowest BCUT2D eigenvalue weighted by molar-refractivity contribution is -0.141. The van der Waals surface area contributed by atoms with Crippen molar-refractivity contribution in [3.8, 4) is 0 Å². The molecule has 0 aromatic carbocycles. The van der Waals surface area contributed by atoms with Crippen LogP contribution in [-0.2, 0) is 4.79 Å². The highest BCUT2D eigenvalue weighted by molar-refractivity contribution is 7.99. The molecule has 2 heterocycles. The van der Waals surface area contributed by atoms with Gasteiger partial charge in [-0.1, -0.05) is 0 Å². The molecule has 0 unspecified atom stereocenters. The number of hydrogen-bond donors (Lipinski definition) is 1. The van der Waals surface area contributed by atoms with E-state index < -0.39 is 12.0 Å². The molecule has 0 radical (unpaired) electrons. The number of thioether (sulfide) groups is 1. The second kappa shape index (κ2) is 5.62. The number of rotatable bonds is 1. The Bertz CT molecular complexity index is 303. The van der Waals surface area contributed by atoms with Crippen LogP contribution in [0.25, 0.3) is 0 Å². The van der Waals surface area contributed by atoms with E-state index in [0.717, 1.165) is 37.4 Å². The third-order valence-corrected chi connectivity index (χ3v) is 4.32. The van der Waals surface area contributed by atoms with Crippen LogP contribution in [0, 0.1) is 0 Å². The fourth-order valence-corrected chi connectivity index (χ4v) is 3.26. The summed E-state index contributed by atoms with van der Waals surface area (Å²) in [6, 6.07) is -0.698. The SMILES string of the molecule is O=C(O)[C@@H]1CCCN1C(=O)N1CCCSCC1. The van der Waals surface area contributed by atoms with Gasteiger partial charge in [0.25, 0.3) is 0 Å². The van der Waals surface area contributed by atoms with Crippen molar-refractivity contribution in [1.82, 2.24) is 9.80 Å². The molecule has 2 aliphatic rings. The van der Waals surface area contributed by atoms with E-state index in [2.05, 4.69) is 0 Å². The number of urea groups is 1. The number of aliphatic carboxylic acids is 1. The van der Waals surface area contributed by atoms with Crippen LogP contribution in [0.1, 0.15) is 19.3 Å². The molecule has 96 valence electrons. The van der Waals surface area contributed by atoms with Crippen molar-refractivity contribution in [2.24, 2.45) is 0 Å². The molecule has 0 bridgehead atoms. The van der Waals surface area contributed by atoms with E-state index in [4.69, 9.17) is 5.11 Å². The van der Waals surface area contributed by atoms with Gasteiger partial charge in [0.2, 0.25) is 0 Å². The third-order valence-electron chi connectivity index (χ3n) is 3.28. The largest absolute Gasteiger partial charge is 0.480 e. The first kappa shape index (κ1) is 12.5. The zero-order valence-corrected chi connectivity index (χ0v) is 10.6. The first-order valence-corrected chi connectivity index (χ1v) is 7.21. The lowest BCUT2D eigenvalue weighted by Gasteiger charge is -2.29. The number of hydrogen-bond acceptors (Lipinski definition) is 3. The number of carboxylic acid groups (broad SMARTS) is 1. The minimum Gasteiger partial charge on any atom is -0.480 e. The monoisotopic (exact) mass is 258 g/mol. The molecule has 0 aliphatic carbocycles. The minimum atomic E-state index is -0.875. The maximum atomic E-state index is 12.2. The highest BCUT2D eigenvalue weighted by Gasteiger charge is 2.36. The molecule has 2 amide bonds. The number of nitrogens with zero attached hydrogens (tertiary/aromatic N) is 2. The number of carbonyl (C=O) groups excluding carboxylic acids is 1. The average Bonchev–Trinajstić information content (AvgIpc) is 2.64. The molecule has 2 aliphatic heterocycles. The maximum absolute atomic E-state index is 12.2. The lowest BCUT2D eigenvalue weighted by Crippen LogP contribution is -2.48. The Morgan fingerprint density at radius 1 is 1.12 bits per heavy atom. The van der Waals surface area contributed by atoms with Gasteiger partial charge in [0.1, 0.15) is 6.04 Å². The second-order valence-electron chi connectivity index (χ2n) is 4.43. The Labute approximate surface area is 105 Å². The summed E-state index contributed by atoms with van der Waals surface area (Å²) in [4.78, 5) is 26.6. The van der Waals surface area contributed by atoms with E-state index in [1.807, 2.05) is 11.8 Å². The highest BCUT2D eigenvalue weighted by Crippen LogP contribution is 2.20. The molecule has 2 fully saturated rings. The first-order chi connectivity index (χ1) is 8.20. The van der Waals surface area contributed by atoms with Crippen LogP contribution < -0.4 is 0 Å². The van der Waals surface area contributed by atoms with Crippen LogP contribution >= 0.6 is 11.8 Å². The van der Waals surface area contributed by atoms with Crippen molar-refractivity contribution in [2.75, 3.05) is 31.1 Å². The van der Waals surface area contributed by atoms with Gasteiger partial charge in [0, 0.05) is 25.4 Å². The minimum absolute atomic E-state index is 0.0857. The molecule has 2 rings (SSSR count). The summed E-state index contributed by atoms with van der Waals surface area (Å²) >= 11 is 1.86. The van der Waals surface area contributed by atoms with E-state index in [1.165, 1.54) is 4.90 Å². The predicted molar refractivity (Wildman–Crippen MR) is 66.3 cm³/mol. The van der Waals surface area contributed by atoms with Crippen LogP contribution in [0.2, 0.25) is 0 Å². The van der Waals surface area contributed by atoms with Gasteiger partial charge in [-0.3, -0.25) is 0 Å². The maximum Gasteiger partial charge on any atom is 0.326 e. The smallest absolute Gasteiger partial charge is 0.326 e. The fraction of sp³-hybridized carbons (Fsp3) is 0.818. The topological polar surface area (TPSA) is 60.9 Å². The van der Waals surface area contributed by atoms with Crippen LogP contribution in [0.4, 0.5) is 4.79 Å². The van der Waals surface area contributed by atoms with Gasteiger partial charge in [-0.2, -0.15) is 11.8 Å². The number of amides is 2. The normalized spacial score (nSPS) is 25.8. The number of carbonyl (C=O) groups is 2. The Hall–Kier alpha value is -0.910. The van der Waals surface area contributed by atoms with Gasteiger partial charge in [-0.05, 0) is 25.0 Å². The summed E-state index contributed by atoms with van der Waals surface area (Å²) in [6.07, 6.45) is 2.39. The molecule has 2 saturated heterocycles. The Balaban J connectivity index is 2.00. The second-order valence-corrected chi connectivity index (χ2v) is 5.65. The summed E-state index contributed by atoms with van der Waals surface area (Å²) < 4.78 is 0. The molecule has 0 saturated carbocycles. The van der Waals surface area contributed by atoms with Crippen LogP contribution in [-0.4, -0.2) is 64.1 Å². The standard InChI is InChI=1S/C11H18N2O3S/c14-10(15)9-3-1-5-13(9)11(16)12-4-2-7-17-8-6-12/h9H,1-8H2,(H,14,15)/t9-/m0/s1. The van der Waals surface area contributed by atoms with Gasteiger partial charge in [0.05, 0.1) is 0 Å². The highest BCUT2D eigenvalue weighted by atomic mass is 32.2. The van der Waals surface area contributed by atoms with E-state index in [9.17, 15) is 9.59 Å². The first-order valence-electron chi connectivity index (χ1n) is 6.06. The van der Waals surface area contributed by atoms with Gasteiger partial charge in [-0.15, -0.1) is 0 Å². The number of carboxylic acids is 1. The van der Waals surface area contributed by atoms with Crippen molar-refractivity contribution in [1.29, 1.82) is 0 Å². The van der Waals surface area contributed by atoms with Crippen LogP contribution in [0.15, 0.2) is 0 Å². The Kier molecular flexibility index (Phi) is 4.15. The van der Waals surface area contributed by atoms with Crippen molar-refractivity contribution in [2.45, 2.75) is 25.3 Å². The zero-order valence-electron chi connectivity index (χ0n) is 9.80. The van der Waals surface area contributed by atoms with E-state index in [0.29, 0.717) is 13.0 Å². The molecule has 0 aromatic rings. The van der Waals surface area contributed by atoms with Crippen molar-refractivity contribution < 1.29 is 14.7 Å². The molecule has 1 N–H and O–H groups in total. The van der Waals surface area contributed by atoms with E-state index in [-0.39, 0.29) is 6.03 Å². The fourth-order valence-electron chi connectivity index (χ4n) is 2.37. The van der Waals surface area contributed by atoms with Gasteiger partial charge < -0.3 is 14.9 Å². The Morgan fingerprint density at radius 3 is 2.71 bits per heavy atom. The van der Waals surface area contributed by atoms with Crippen molar-refractivity contribution in [3.05, 3.63) is 0 Å². The molecule has 0 spiro atoms. The van der Waals surface area contributed by atoms with Crippen LogP contribution in [0.3, 0.4) is 0 Å². The molecule has 6 heteroatoms. The zero-order chi connectivity index (χ0) is 12.3. The summed E-state index contributed by atoms with van der Waals surface area (Å²) in [6.45, 7) is 2.08. The molecular weight excluding hydrogens is 240 g/mol. The van der Waals surface area contributed by atoms with E-state index in [1.54, 1.807) is 4.90 Å². The molecule has 0 aromatic heterocycles. The number of likely N-dealkylation sites (tertiary alicyclic amines) is 1. The quantitative estimate of drug-likeness (QED) is 0.765. The lowest BCUT2D eigenvalue weighted by atomic mass is 10.2. The van der Waals surface area contributed by atoms with Crippen molar-refractivity contribution >= 4 is 23.8 Å². The average molecular weight is 258 g/mol. The van der Waals surface area contributed by atoms with E-state index >= 15 is 0 Å². The predicted octanol–water partition coefficient (Wildman–Crippen LogP) is 1.09. The molecule has 1 atom stereocenters. The van der Waals surface area contributed by atoms with Gasteiger partial charge >= 0.3 is 12.0 Å². The third kappa shape index (κ3) is 2.86. The summed E-state index contributed by atoms with van der Waals surface area (Å²) in [5.41, 5.74) is 0. The van der Waals surface area contributed by atoms with Gasteiger partial charge in [0.15, 0.2) is 0 Å². The molecule has 17 heavy (non-hydrogen) atoms. The summed E-state index contributed by atoms with van der Waals surface area (Å²) in [5.74, 6) is 1.17. The summed E-state index contributed by atoms with van der Waals surface area (Å²) in [7, 11) is 0. The Morgan fingerprint density at radius 2 is 1.94 bits per heavy atom. The molecule has 5 nitrogen and oxygen atoms in total. The summed E-state index contributed by atoms with van der Waals surface area (Å²) in [5, 5.41) is 9.07. The van der Waals surface area contributed by atoms with Gasteiger partial charge in [-0.25, -0.2) is 9.59 Å².